The summed E-state index contributed by atoms with van der Waals surface area (Å²) in [5, 5.41) is 19.6. The number of carbonyl (C=O) groups excluding carboxylic acids is 1. The molecule has 0 spiro atoms. The van der Waals surface area contributed by atoms with Gasteiger partial charge in [-0.25, -0.2) is 19.7 Å². The molecule has 1 aliphatic rings. The lowest BCUT2D eigenvalue weighted by Crippen LogP contribution is -2.37. The third kappa shape index (κ3) is 4.14. The monoisotopic (exact) mass is 407 g/mol. The van der Waals surface area contributed by atoms with Gasteiger partial charge in [0, 0.05) is 0 Å². The summed E-state index contributed by atoms with van der Waals surface area (Å²) in [4.78, 5) is 23.3. The van der Waals surface area contributed by atoms with Crippen LogP contribution in [0, 0.1) is 0 Å². The molecule has 11 nitrogen and oxygen atoms in total. The number of halogens is 3. The summed E-state index contributed by atoms with van der Waals surface area (Å²) in [5.74, 6) is -1.19. The number of aliphatic hydroxyl groups is 2. The average Bonchev–Trinajstić information content (AvgIpc) is 3.19. The van der Waals surface area contributed by atoms with E-state index in [0.717, 1.165) is 0 Å². The predicted molar refractivity (Wildman–Crippen MR) is 83.5 cm³/mol. The summed E-state index contributed by atoms with van der Waals surface area (Å²) in [5.41, 5.74) is 6.19. The minimum absolute atomic E-state index is 0.0919. The first kappa shape index (κ1) is 20.2. The van der Waals surface area contributed by atoms with E-state index < -0.39 is 56.5 Å². The molecule has 0 bridgehead atoms. The Hall–Kier alpha value is -2.55. The Balaban J connectivity index is 1.77. The maximum absolute atomic E-state index is 12.1. The fourth-order valence-corrected chi connectivity index (χ4v) is 2.70. The number of aromatic nitrogens is 4. The van der Waals surface area contributed by atoms with Gasteiger partial charge >= 0.3 is 12.1 Å². The fraction of sp³-hybridized carbons (Fsp3) is 0.571. The van der Waals surface area contributed by atoms with Crippen molar-refractivity contribution in [3.8, 4) is 0 Å². The summed E-state index contributed by atoms with van der Waals surface area (Å²) in [7, 11) is 0. The van der Waals surface area contributed by atoms with Crippen molar-refractivity contribution < 1.29 is 42.4 Å². The van der Waals surface area contributed by atoms with E-state index in [1.165, 1.54) is 17.2 Å². The fourth-order valence-electron chi connectivity index (χ4n) is 2.70. The molecule has 1 saturated heterocycles. The molecule has 28 heavy (non-hydrogen) atoms. The van der Waals surface area contributed by atoms with E-state index in [2.05, 4.69) is 19.7 Å². The van der Waals surface area contributed by atoms with Crippen LogP contribution in [0.5, 0.6) is 0 Å². The van der Waals surface area contributed by atoms with Crippen LogP contribution >= 0.6 is 0 Å². The first-order valence-electron chi connectivity index (χ1n) is 7.92. The van der Waals surface area contributed by atoms with Crippen molar-refractivity contribution in [1.29, 1.82) is 0 Å². The van der Waals surface area contributed by atoms with Gasteiger partial charge in [-0.05, 0) is 0 Å². The van der Waals surface area contributed by atoms with E-state index in [-0.39, 0.29) is 17.0 Å². The second kappa shape index (κ2) is 7.83. The molecule has 4 atom stereocenters. The van der Waals surface area contributed by atoms with Crippen molar-refractivity contribution >= 4 is 23.0 Å². The van der Waals surface area contributed by atoms with Crippen LogP contribution in [0.25, 0.3) is 11.2 Å². The van der Waals surface area contributed by atoms with Crippen LogP contribution in [0.1, 0.15) is 6.23 Å². The minimum Gasteiger partial charge on any atom is -0.454 e. The van der Waals surface area contributed by atoms with Gasteiger partial charge in [0.2, 0.25) is 0 Å². The summed E-state index contributed by atoms with van der Waals surface area (Å²) < 4.78 is 52.5. The Morgan fingerprint density at radius 2 is 2.11 bits per heavy atom. The molecule has 2 aromatic heterocycles. The Morgan fingerprint density at radius 1 is 1.36 bits per heavy atom. The lowest BCUT2D eigenvalue weighted by Gasteiger charge is -2.21. The smallest absolute Gasteiger partial charge is 0.422 e. The molecule has 14 heteroatoms. The zero-order valence-electron chi connectivity index (χ0n) is 14.1. The van der Waals surface area contributed by atoms with Crippen LogP contribution in [0.4, 0.5) is 19.0 Å². The molecule has 0 radical (unpaired) electrons. The van der Waals surface area contributed by atoms with Crippen LogP contribution in [-0.4, -0.2) is 80.0 Å². The number of carbonyl (C=O) groups is 1. The number of nitrogens with zero attached hydrogens (tertiary/aromatic N) is 4. The Bertz CT molecular complexity index is 846. The molecule has 154 valence electrons. The van der Waals surface area contributed by atoms with Crippen LogP contribution in [0.15, 0.2) is 12.7 Å². The van der Waals surface area contributed by atoms with Gasteiger partial charge in [-0.3, -0.25) is 4.57 Å². The largest absolute Gasteiger partial charge is 0.454 e. The SMILES string of the molecule is Nc1ncnc2c1ncn2[C@@H]1O[C@H](CO)C(O)C1OCC(=O)OCC(F)(F)F. The molecule has 0 aromatic carbocycles. The van der Waals surface area contributed by atoms with Crippen molar-refractivity contribution in [3.05, 3.63) is 12.7 Å². The number of esters is 1. The molecular formula is C14H16F3N5O6. The quantitative estimate of drug-likeness (QED) is 0.516. The second-order valence-electron chi connectivity index (χ2n) is 5.87. The van der Waals surface area contributed by atoms with E-state index in [0.29, 0.717) is 0 Å². The molecule has 2 aromatic rings. The zero-order valence-corrected chi connectivity index (χ0v) is 14.1. The third-order valence-corrected chi connectivity index (χ3v) is 3.94. The molecule has 3 rings (SSSR count). The number of aliphatic hydroxyl groups excluding tert-OH is 2. The van der Waals surface area contributed by atoms with Crippen molar-refractivity contribution in [1.82, 2.24) is 19.5 Å². The number of ether oxygens (including phenoxy) is 3. The molecule has 0 amide bonds. The number of fused-ring (bicyclic) bond motifs is 1. The van der Waals surface area contributed by atoms with E-state index in [4.69, 9.17) is 15.2 Å². The molecule has 4 N–H and O–H groups in total. The van der Waals surface area contributed by atoms with E-state index in [1.807, 2.05) is 0 Å². The molecule has 0 saturated carbocycles. The maximum Gasteiger partial charge on any atom is 0.422 e. The number of hydrogen-bond acceptors (Lipinski definition) is 10. The standard InChI is InChI=1S/C14H16F3N5O6/c15-14(16,17)3-27-7(24)2-26-10-9(25)6(1-23)28-13(10)22-5-21-8-11(18)19-4-20-12(8)22/h4-6,9-10,13,23,25H,1-3H2,(H2,18,19,20)/t6-,9?,10?,13-/m1/s1. The number of rotatable bonds is 6. The number of alkyl halides is 3. The van der Waals surface area contributed by atoms with Crippen LogP contribution in [-0.2, 0) is 19.0 Å². The number of nitrogens with two attached hydrogens (primary N) is 1. The average molecular weight is 407 g/mol. The second-order valence-corrected chi connectivity index (χ2v) is 5.87. The Kier molecular flexibility index (Phi) is 5.64. The molecule has 2 unspecified atom stereocenters. The Morgan fingerprint density at radius 3 is 2.79 bits per heavy atom. The van der Waals surface area contributed by atoms with Crippen molar-refractivity contribution in [2.45, 2.75) is 30.7 Å². The third-order valence-electron chi connectivity index (χ3n) is 3.94. The minimum atomic E-state index is -4.68. The van der Waals surface area contributed by atoms with Gasteiger partial charge in [-0.1, -0.05) is 0 Å². The van der Waals surface area contributed by atoms with E-state index in [9.17, 15) is 28.2 Å². The van der Waals surface area contributed by atoms with E-state index >= 15 is 0 Å². The van der Waals surface area contributed by atoms with Crippen LogP contribution in [0.2, 0.25) is 0 Å². The first-order chi connectivity index (χ1) is 13.2. The highest BCUT2D eigenvalue weighted by Gasteiger charge is 2.46. The molecule has 1 aliphatic heterocycles. The Labute approximate surface area is 154 Å². The van der Waals surface area contributed by atoms with Crippen LogP contribution < -0.4 is 5.73 Å². The predicted octanol–water partition coefficient (Wildman–Crippen LogP) is -0.850. The molecule has 3 heterocycles. The van der Waals surface area contributed by atoms with Gasteiger partial charge in [0.15, 0.2) is 24.3 Å². The molecular weight excluding hydrogens is 391 g/mol. The highest BCUT2D eigenvalue weighted by molar-refractivity contribution is 5.81. The van der Waals surface area contributed by atoms with Gasteiger partial charge < -0.3 is 30.2 Å². The van der Waals surface area contributed by atoms with Gasteiger partial charge in [-0.2, -0.15) is 13.2 Å². The summed E-state index contributed by atoms with van der Waals surface area (Å²) >= 11 is 0. The van der Waals surface area contributed by atoms with Gasteiger partial charge in [-0.15, -0.1) is 0 Å². The van der Waals surface area contributed by atoms with Gasteiger partial charge in [0.1, 0.15) is 36.8 Å². The zero-order chi connectivity index (χ0) is 20.5. The highest BCUT2D eigenvalue weighted by Crippen LogP contribution is 2.33. The normalized spacial score (nSPS) is 25.3. The topological polar surface area (TPSA) is 155 Å². The van der Waals surface area contributed by atoms with Crippen molar-refractivity contribution in [2.24, 2.45) is 0 Å². The summed E-state index contributed by atoms with van der Waals surface area (Å²) in [6, 6.07) is 0. The summed E-state index contributed by atoms with van der Waals surface area (Å²) in [6.45, 7) is -3.21. The van der Waals surface area contributed by atoms with Gasteiger partial charge in [0.05, 0.1) is 12.9 Å². The molecule has 0 aliphatic carbocycles. The highest BCUT2D eigenvalue weighted by atomic mass is 19.4. The van der Waals surface area contributed by atoms with Crippen molar-refractivity contribution in [3.63, 3.8) is 0 Å². The first-order valence-corrected chi connectivity index (χ1v) is 7.92. The van der Waals surface area contributed by atoms with Gasteiger partial charge in [0.25, 0.3) is 0 Å². The van der Waals surface area contributed by atoms with Crippen molar-refractivity contribution in [2.75, 3.05) is 25.6 Å². The number of anilines is 1. The van der Waals surface area contributed by atoms with E-state index in [1.54, 1.807) is 0 Å². The number of hydrogen-bond donors (Lipinski definition) is 3. The lowest BCUT2D eigenvalue weighted by atomic mass is 10.1. The number of imidazole rings is 1. The number of nitrogen functional groups attached to an aromatic ring is 1. The van der Waals surface area contributed by atoms with Crippen LogP contribution in [0.3, 0.4) is 0 Å². The summed E-state index contributed by atoms with van der Waals surface area (Å²) in [6.07, 6.45) is -7.00. The maximum atomic E-state index is 12.1. The molecule has 1 fully saturated rings. The lowest BCUT2D eigenvalue weighted by molar-refractivity contribution is -0.191.